The summed E-state index contributed by atoms with van der Waals surface area (Å²) >= 11 is 0. The average molecular weight is 259 g/mol. The fraction of sp³-hybridized carbons (Fsp3) is 0.562. The zero-order chi connectivity index (χ0) is 13.4. The standard InChI is InChI=1S/C16H21NO2/c1-17(16(19)13-7-4-8-15(13)18)14-10-9-11-5-2-3-6-12(11)14/h2-3,5-6,13-15,18H,4,7-10H2,1H3. The van der Waals surface area contributed by atoms with Crippen molar-refractivity contribution < 1.29 is 9.90 Å². The van der Waals surface area contributed by atoms with Gasteiger partial charge in [-0.25, -0.2) is 0 Å². The second kappa shape index (κ2) is 4.97. The first-order valence-electron chi connectivity index (χ1n) is 7.21. The number of rotatable bonds is 2. The first-order valence-corrected chi connectivity index (χ1v) is 7.21. The van der Waals surface area contributed by atoms with E-state index in [-0.39, 0.29) is 17.9 Å². The van der Waals surface area contributed by atoms with E-state index >= 15 is 0 Å². The van der Waals surface area contributed by atoms with Gasteiger partial charge in [-0.05, 0) is 43.2 Å². The molecule has 0 bridgehead atoms. The van der Waals surface area contributed by atoms with Gasteiger partial charge in [-0.15, -0.1) is 0 Å². The van der Waals surface area contributed by atoms with Gasteiger partial charge < -0.3 is 10.0 Å². The third-order valence-corrected chi connectivity index (χ3v) is 4.71. The van der Waals surface area contributed by atoms with Crippen molar-refractivity contribution in [1.82, 2.24) is 4.90 Å². The van der Waals surface area contributed by atoms with Crippen molar-refractivity contribution in [1.29, 1.82) is 0 Å². The molecule has 3 heteroatoms. The van der Waals surface area contributed by atoms with Crippen LogP contribution in [-0.4, -0.2) is 29.1 Å². The Hall–Kier alpha value is -1.35. The van der Waals surface area contributed by atoms with E-state index in [1.807, 2.05) is 18.0 Å². The van der Waals surface area contributed by atoms with Crippen LogP contribution in [0.1, 0.15) is 42.9 Å². The number of carbonyl (C=O) groups is 1. The molecule has 3 unspecified atom stereocenters. The van der Waals surface area contributed by atoms with Gasteiger partial charge >= 0.3 is 0 Å². The number of carbonyl (C=O) groups excluding carboxylic acids is 1. The maximum Gasteiger partial charge on any atom is 0.228 e. The van der Waals surface area contributed by atoms with E-state index in [9.17, 15) is 9.90 Å². The number of nitrogens with zero attached hydrogens (tertiary/aromatic N) is 1. The fourth-order valence-corrected chi connectivity index (χ4v) is 3.58. The van der Waals surface area contributed by atoms with Crippen molar-refractivity contribution in [2.45, 2.75) is 44.2 Å². The highest BCUT2D eigenvalue weighted by Crippen LogP contribution is 2.37. The summed E-state index contributed by atoms with van der Waals surface area (Å²) in [6, 6.07) is 8.57. The van der Waals surface area contributed by atoms with E-state index in [1.165, 1.54) is 11.1 Å². The molecular formula is C16H21NO2. The number of benzene rings is 1. The monoisotopic (exact) mass is 259 g/mol. The second-order valence-electron chi connectivity index (χ2n) is 5.81. The third kappa shape index (κ3) is 2.16. The number of fused-ring (bicyclic) bond motifs is 1. The second-order valence-corrected chi connectivity index (χ2v) is 5.81. The van der Waals surface area contributed by atoms with Crippen molar-refractivity contribution >= 4 is 5.91 Å². The number of amides is 1. The Bertz CT molecular complexity index is 485. The molecule has 1 amide bonds. The normalized spacial score (nSPS) is 29.3. The molecule has 0 spiro atoms. The third-order valence-electron chi connectivity index (χ3n) is 4.71. The molecule has 102 valence electrons. The highest BCUT2D eigenvalue weighted by Gasteiger charge is 2.37. The molecule has 0 radical (unpaired) electrons. The molecule has 0 saturated heterocycles. The van der Waals surface area contributed by atoms with E-state index in [0.29, 0.717) is 0 Å². The molecule has 19 heavy (non-hydrogen) atoms. The van der Waals surface area contributed by atoms with Gasteiger partial charge in [-0.3, -0.25) is 4.79 Å². The molecule has 2 aliphatic carbocycles. The predicted octanol–water partition coefficient (Wildman–Crippen LogP) is 2.29. The van der Waals surface area contributed by atoms with Crippen LogP contribution in [-0.2, 0) is 11.2 Å². The maximum absolute atomic E-state index is 12.5. The van der Waals surface area contributed by atoms with Crippen molar-refractivity contribution in [3.05, 3.63) is 35.4 Å². The summed E-state index contributed by atoms with van der Waals surface area (Å²) in [5, 5.41) is 9.90. The average Bonchev–Trinajstić information content (AvgIpc) is 3.03. The number of hydrogen-bond acceptors (Lipinski definition) is 2. The van der Waals surface area contributed by atoms with Gasteiger partial charge in [0.15, 0.2) is 0 Å². The van der Waals surface area contributed by atoms with E-state index in [1.54, 1.807) is 0 Å². The van der Waals surface area contributed by atoms with Gasteiger partial charge in [0.25, 0.3) is 0 Å². The molecule has 3 nitrogen and oxygen atoms in total. The summed E-state index contributed by atoms with van der Waals surface area (Å²) in [6.07, 6.45) is 4.18. The molecule has 3 atom stereocenters. The Morgan fingerprint density at radius 3 is 2.79 bits per heavy atom. The topological polar surface area (TPSA) is 40.5 Å². The van der Waals surface area contributed by atoms with Crippen molar-refractivity contribution in [3.8, 4) is 0 Å². The summed E-state index contributed by atoms with van der Waals surface area (Å²) in [5.41, 5.74) is 2.64. The lowest BCUT2D eigenvalue weighted by molar-refractivity contribution is -0.139. The minimum Gasteiger partial charge on any atom is -0.392 e. The molecule has 2 aliphatic rings. The SMILES string of the molecule is CN(C(=O)C1CCCC1O)C1CCc2ccccc21. The van der Waals surface area contributed by atoms with Crippen LogP contribution in [0, 0.1) is 5.92 Å². The van der Waals surface area contributed by atoms with Gasteiger partial charge in [0.1, 0.15) is 0 Å². The fourth-order valence-electron chi connectivity index (χ4n) is 3.58. The Morgan fingerprint density at radius 1 is 1.26 bits per heavy atom. The lowest BCUT2D eigenvalue weighted by atomic mass is 10.0. The lowest BCUT2D eigenvalue weighted by Crippen LogP contribution is -2.38. The Kier molecular flexibility index (Phi) is 3.31. The molecule has 1 N–H and O–H groups in total. The first-order chi connectivity index (χ1) is 9.18. The molecule has 1 aromatic rings. The van der Waals surface area contributed by atoms with Gasteiger partial charge in [-0.2, -0.15) is 0 Å². The van der Waals surface area contributed by atoms with Crippen LogP contribution >= 0.6 is 0 Å². The first kappa shape index (κ1) is 12.7. The molecule has 1 fully saturated rings. The van der Waals surface area contributed by atoms with E-state index < -0.39 is 6.10 Å². The molecule has 0 aliphatic heterocycles. The maximum atomic E-state index is 12.5. The Balaban J connectivity index is 1.78. The zero-order valence-corrected chi connectivity index (χ0v) is 11.4. The molecule has 1 aromatic carbocycles. The van der Waals surface area contributed by atoms with Crippen LogP contribution in [0.25, 0.3) is 0 Å². The van der Waals surface area contributed by atoms with Crippen molar-refractivity contribution in [2.75, 3.05) is 7.05 Å². The Labute approximate surface area is 114 Å². The van der Waals surface area contributed by atoms with Crippen molar-refractivity contribution in [3.63, 3.8) is 0 Å². The number of aliphatic hydroxyl groups excluding tert-OH is 1. The number of hydrogen-bond donors (Lipinski definition) is 1. The molecule has 0 heterocycles. The van der Waals surface area contributed by atoms with Crippen molar-refractivity contribution in [2.24, 2.45) is 5.92 Å². The van der Waals surface area contributed by atoms with Crippen LogP contribution in [0.2, 0.25) is 0 Å². The quantitative estimate of drug-likeness (QED) is 0.885. The minimum absolute atomic E-state index is 0.117. The van der Waals surface area contributed by atoms with E-state index in [2.05, 4.69) is 18.2 Å². The van der Waals surface area contributed by atoms with Gasteiger partial charge in [-0.1, -0.05) is 24.3 Å². The van der Waals surface area contributed by atoms with Gasteiger partial charge in [0.2, 0.25) is 5.91 Å². The highest BCUT2D eigenvalue weighted by atomic mass is 16.3. The summed E-state index contributed by atoms with van der Waals surface area (Å²) in [6.45, 7) is 0. The van der Waals surface area contributed by atoms with Crippen LogP contribution in [0.15, 0.2) is 24.3 Å². The minimum atomic E-state index is -0.438. The summed E-state index contributed by atoms with van der Waals surface area (Å²) in [7, 11) is 1.89. The molecule has 1 saturated carbocycles. The van der Waals surface area contributed by atoms with Crippen LogP contribution in [0.5, 0.6) is 0 Å². The summed E-state index contributed by atoms with van der Waals surface area (Å²) in [5.74, 6) is -0.0653. The van der Waals surface area contributed by atoms with Crippen LogP contribution in [0.4, 0.5) is 0 Å². The smallest absolute Gasteiger partial charge is 0.228 e. The van der Waals surface area contributed by atoms with E-state index in [0.717, 1.165) is 32.1 Å². The van der Waals surface area contributed by atoms with E-state index in [4.69, 9.17) is 0 Å². The zero-order valence-electron chi connectivity index (χ0n) is 11.4. The van der Waals surface area contributed by atoms with Crippen LogP contribution in [0.3, 0.4) is 0 Å². The summed E-state index contributed by atoms with van der Waals surface area (Å²) in [4.78, 5) is 14.4. The van der Waals surface area contributed by atoms with Gasteiger partial charge in [0, 0.05) is 7.05 Å². The largest absolute Gasteiger partial charge is 0.392 e. The highest BCUT2D eigenvalue weighted by molar-refractivity contribution is 5.80. The lowest BCUT2D eigenvalue weighted by Gasteiger charge is -2.29. The number of aliphatic hydroxyl groups is 1. The van der Waals surface area contributed by atoms with Crippen LogP contribution < -0.4 is 0 Å². The number of aryl methyl sites for hydroxylation is 1. The molecule has 0 aromatic heterocycles. The molecule has 3 rings (SSSR count). The predicted molar refractivity (Wildman–Crippen MR) is 73.6 cm³/mol. The van der Waals surface area contributed by atoms with Gasteiger partial charge in [0.05, 0.1) is 18.1 Å². The Morgan fingerprint density at radius 2 is 2.05 bits per heavy atom. The molecular weight excluding hydrogens is 238 g/mol. The summed E-state index contributed by atoms with van der Waals surface area (Å²) < 4.78 is 0.